The van der Waals surface area contributed by atoms with Gasteiger partial charge in [0.05, 0.1) is 30.9 Å². The van der Waals surface area contributed by atoms with Gasteiger partial charge in [-0.2, -0.15) is 0 Å². The van der Waals surface area contributed by atoms with Crippen LogP contribution in [0.3, 0.4) is 0 Å². The van der Waals surface area contributed by atoms with Crippen molar-refractivity contribution in [1.82, 2.24) is 19.4 Å². The summed E-state index contributed by atoms with van der Waals surface area (Å²) < 4.78 is 19.8. The Morgan fingerprint density at radius 3 is 1.84 bits per heavy atom. The molecule has 2 saturated heterocycles. The molecule has 2 aliphatic heterocycles. The Bertz CT molecular complexity index is 1760. The molecule has 0 atom stereocenters. The Kier molecular flexibility index (Phi) is 13.8. The van der Waals surface area contributed by atoms with Crippen LogP contribution in [0, 0.1) is 0 Å². The minimum atomic E-state index is -0.392. The van der Waals surface area contributed by atoms with Crippen LogP contribution in [-0.4, -0.2) is 91.2 Å². The van der Waals surface area contributed by atoms with Gasteiger partial charge in [-0.1, -0.05) is 34.8 Å². The predicted octanol–water partition coefficient (Wildman–Crippen LogP) is 7.29. The number of halogens is 1. The maximum absolute atomic E-state index is 11.8. The number of ether oxygens (including phenoxy) is 3. The smallest absolute Gasteiger partial charge is 0.410 e. The second-order valence-electron chi connectivity index (χ2n) is 13.6. The molecule has 11 nitrogen and oxygen atoms in total. The number of fused-ring (bicyclic) bond motifs is 2. The van der Waals surface area contributed by atoms with E-state index in [2.05, 4.69) is 38.3 Å². The Labute approximate surface area is 303 Å². The summed E-state index contributed by atoms with van der Waals surface area (Å²) >= 11 is 3.40. The Balaban J connectivity index is 0.000000174. The van der Waals surface area contributed by atoms with Gasteiger partial charge in [0.15, 0.2) is 0 Å². The number of aromatic nitrogens is 2. The molecule has 6 rings (SSSR count). The molecule has 2 aromatic carbocycles. The minimum Gasteiger partial charge on any atom is -0.465 e. The molecule has 0 bridgehead atoms. The largest absolute Gasteiger partial charge is 0.465 e. The summed E-state index contributed by atoms with van der Waals surface area (Å²) in [7, 11) is 6.69. The lowest BCUT2D eigenvalue weighted by Crippen LogP contribution is -2.38. The van der Waals surface area contributed by atoms with E-state index < -0.39 is 5.60 Å². The van der Waals surface area contributed by atoms with Gasteiger partial charge in [0, 0.05) is 85.7 Å². The average molecular weight is 755 g/mol. The number of methoxy groups -OCH3 is 2. The zero-order valence-electron chi connectivity index (χ0n) is 30.5. The topological polar surface area (TPSA) is 107 Å². The number of carbonyl (C=O) groups excluding carboxylic acids is 3. The van der Waals surface area contributed by atoms with Crippen molar-refractivity contribution < 1.29 is 28.6 Å². The standard InChI is InChI=1S/C17H22N2O2.C11H10BrNO2.C10H20N2O2/c1-18-12-15(17(20)21-2)14-8-7-13(11-16(14)18)19-9-5-3-4-6-10-19;1-13-6-9(11(14)15-2)8-4-3-7(12)5-10(8)13;1-10(2,3)14-9(13)12-7-4-5-11-6-8-12/h7-8,11-12H,3-6,9-10H2,1-2H3;3-6H,1-2H3;11H,4-8H2,1-3H3. The van der Waals surface area contributed by atoms with E-state index in [1.807, 2.05) is 74.5 Å². The molecule has 2 aromatic heterocycles. The predicted molar refractivity (Wildman–Crippen MR) is 202 cm³/mol. The van der Waals surface area contributed by atoms with E-state index in [1.54, 1.807) is 11.1 Å². The summed E-state index contributed by atoms with van der Waals surface area (Å²) in [5.74, 6) is -0.578. The van der Waals surface area contributed by atoms with E-state index in [-0.39, 0.29) is 18.0 Å². The van der Waals surface area contributed by atoms with Gasteiger partial charge < -0.3 is 38.5 Å². The molecule has 0 unspecified atom stereocenters. The number of nitrogens with zero attached hydrogens (tertiary/aromatic N) is 4. The molecule has 4 aromatic rings. The summed E-state index contributed by atoms with van der Waals surface area (Å²) in [6, 6.07) is 12.2. The Morgan fingerprint density at radius 2 is 1.28 bits per heavy atom. The first kappa shape index (κ1) is 38.8. The molecule has 1 N–H and O–H groups in total. The molecule has 0 saturated carbocycles. The molecule has 2 fully saturated rings. The van der Waals surface area contributed by atoms with E-state index in [4.69, 9.17) is 14.2 Å². The third-order valence-corrected chi connectivity index (χ3v) is 9.19. The number of benzene rings is 2. The van der Waals surface area contributed by atoms with Gasteiger partial charge in [0.1, 0.15) is 5.60 Å². The highest BCUT2D eigenvalue weighted by molar-refractivity contribution is 9.10. The van der Waals surface area contributed by atoms with Gasteiger partial charge in [0.25, 0.3) is 0 Å². The molecule has 0 aliphatic carbocycles. The molecular weight excluding hydrogens is 702 g/mol. The second kappa shape index (κ2) is 17.8. The zero-order chi connectivity index (χ0) is 36.4. The molecule has 272 valence electrons. The van der Waals surface area contributed by atoms with Gasteiger partial charge in [-0.05, 0) is 76.9 Å². The number of hydrogen-bond acceptors (Lipinski definition) is 8. The van der Waals surface area contributed by atoms with Crippen LogP contribution in [0.2, 0.25) is 0 Å². The first-order valence-corrected chi connectivity index (χ1v) is 18.1. The molecule has 4 heterocycles. The van der Waals surface area contributed by atoms with E-state index in [9.17, 15) is 14.4 Å². The van der Waals surface area contributed by atoms with Crippen LogP contribution >= 0.6 is 15.9 Å². The number of hydrogen-bond donors (Lipinski definition) is 1. The fourth-order valence-corrected chi connectivity index (χ4v) is 6.50. The van der Waals surface area contributed by atoms with Gasteiger partial charge in [-0.25, -0.2) is 14.4 Å². The fraction of sp³-hybridized carbons (Fsp3) is 0.500. The molecule has 12 heteroatoms. The maximum atomic E-state index is 11.8. The van der Waals surface area contributed by atoms with Crippen molar-refractivity contribution in [2.45, 2.75) is 58.5 Å². The number of rotatable bonds is 3. The third-order valence-electron chi connectivity index (χ3n) is 8.70. The lowest BCUT2D eigenvalue weighted by atomic mass is 10.1. The maximum Gasteiger partial charge on any atom is 0.410 e. The van der Waals surface area contributed by atoms with Crippen LogP contribution in [0.5, 0.6) is 0 Å². The average Bonchev–Trinajstić information content (AvgIpc) is 3.33. The van der Waals surface area contributed by atoms with Crippen LogP contribution in [0.15, 0.2) is 53.3 Å². The van der Waals surface area contributed by atoms with E-state index in [0.29, 0.717) is 11.1 Å². The summed E-state index contributed by atoms with van der Waals surface area (Å²) in [6.07, 6.45) is 9.62. The van der Waals surface area contributed by atoms with E-state index in [1.165, 1.54) is 45.6 Å². The fourth-order valence-electron chi connectivity index (χ4n) is 6.16. The van der Waals surface area contributed by atoms with Gasteiger partial charge in [-0.3, -0.25) is 0 Å². The second-order valence-corrected chi connectivity index (χ2v) is 14.5. The van der Waals surface area contributed by atoms with Crippen LogP contribution in [-0.2, 0) is 28.3 Å². The van der Waals surface area contributed by atoms with Gasteiger partial charge in [0.2, 0.25) is 0 Å². The number of nitrogens with one attached hydrogen (secondary N) is 1. The molecule has 0 radical (unpaired) electrons. The summed E-state index contributed by atoms with van der Waals surface area (Å²) in [5, 5.41) is 5.12. The third kappa shape index (κ3) is 10.3. The minimum absolute atomic E-state index is 0.193. The number of aryl methyl sites for hydroxylation is 2. The molecule has 1 amide bonds. The summed E-state index contributed by atoms with van der Waals surface area (Å²) in [6.45, 7) is 11.3. The van der Waals surface area contributed by atoms with Crippen LogP contribution in [0.25, 0.3) is 21.8 Å². The highest BCUT2D eigenvalue weighted by Crippen LogP contribution is 2.28. The van der Waals surface area contributed by atoms with Crippen molar-refractivity contribution >= 4 is 61.5 Å². The highest BCUT2D eigenvalue weighted by Gasteiger charge is 2.22. The number of carbonyl (C=O) groups is 3. The Hall–Kier alpha value is -4.03. The monoisotopic (exact) mass is 753 g/mol. The van der Waals surface area contributed by atoms with Crippen LogP contribution in [0.4, 0.5) is 10.5 Å². The van der Waals surface area contributed by atoms with Crippen molar-refractivity contribution in [2.75, 3.05) is 58.4 Å². The summed E-state index contributed by atoms with van der Waals surface area (Å²) in [4.78, 5) is 39.2. The first-order valence-electron chi connectivity index (χ1n) is 17.3. The van der Waals surface area contributed by atoms with Crippen molar-refractivity contribution in [2.24, 2.45) is 14.1 Å². The van der Waals surface area contributed by atoms with Crippen LogP contribution in [0.1, 0.15) is 73.6 Å². The quantitative estimate of drug-likeness (QED) is 0.172. The molecule has 0 spiro atoms. The number of amides is 1. The van der Waals surface area contributed by atoms with Crippen molar-refractivity contribution in [1.29, 1.82) is 0 Å². The number of esters is 2. The molecular formula is C38H52BrN5O6. The highest BCUT2D eigenvalue weighted by atomic mass is 79.9. The van der Waals surface area contributed by atoms with Crippen molar-refractivity contribution in [3.8, 4) is 0 Å². The molecule has 50 heavy (non-hydrogen) atoms. The SMILES string of the molecule is CC(C)(C)OC(=O)N1CCCNCC1.COC(=O)c1cn(C)c2cc(Br)ccc12.COC(=O)c1cn(C)c2cc(N3CCCCCC3)ccc12. The lowest BCUT2D eigenvalue weighted by molar-refractivity contribution is 0.0262. The van der Waals surface area contributed by atoms with Crippen LogP contribution < -0.4 is 10.2 Å². The van der Waals surface area contributed by atoms with Gasteiger partial charge >= 0.3 is 18.0 Å². The Morgan fingerprint density at radius 1 is 0.720 bits per heavy atom. The lowest BCUT2D eigenvalue weighted by Gasteiger charge is -2.26. The summed E-state index contributed by atoms with van der Waals surface area (Å²) in [5.41, 5.74) is 4.18. The van der Waals surface area contributed by atoms with Crippen molar-refractivity contribution in [3.05, 3.63) is 64.4 Å². The molecule has 2 aliphatic rings. The number of anilines is 1. The van der Waals surface area contributed by atoms with Crippen molar-refractivity contribution in [3.63, 3.8) is 0 Å². The normalized spacial score (nSPS) is 15.2. The van der Waals surface area contributed by atoms with E-state index >= 15 is 0 Å². The first-order chi connectivity index (χ1) is 23.8. The van der Waals surface area contributed by atoms with Gasteiger partial charge in [-0.15, -0.1) is 0 Å². The zero-order valence-corrected chi connectivity index (χ0v) is 32.1. The van der Waals surface area contributed by atoms with E-state index in [0.717, 1.165) is 72.0 Å².